The lowest BCUT2D eigenvalue weighted by Gasteiger charge is -2.34. The van der Waals surface area contributed by atoms with Crippen molar-refractivity contribution < 1.29 is 0 Å². The summed E-state index contributed by atoms with van der Waals surface area (Å²) < 4.78 is 0. The molecule has 1 aromatic carbocycles. The molecule has 1 aromatic heterocycles. The van der Waals surface area contributed by atoms with E-state index in [1.54, 1.807) is 0 Å². The molecule has 1 N–H and O–H groups in total. The molecule has 0 bridgehead atoms. The molecule has 2 atom stereocenters. The van der Waals surface area contributed by atoms with Crippen molar-refractivity contribution in [2.45, 2.75) is 39.2 Å². The minimum Gasteiger partial charge on any atom is -0.313 e. The zero-order valence-electron chi connectivity index (χ0n) is 12.7. The Kier molecular flexibility index (Phi) is 3.51. The minimum absolute atomic E-state index is 0.428. The van der Waals surface area contributed by atoms with Gasteiger partial charge in [0, 0.05) is 17.6 Å². The molecule has 20 heavy (non-hydrogen) atoms. The Morgan fingerprint density at radius 1 is 1.30 bits per heavy atom. The van der Waals surface area contributed by atoms with E-state index >= 15 is 0 Å². The average Bonchev–Trinajstić information content (AvgIpc) is 2.79. The first-order valence-corrected chi connectivity index (χ1v) is 7.64. The van der Waals surface area contributed by atoms with Crippen molar-refractivity contribution in [1.29, 1.82) is 0 Å². The topological polar surface area (TPSA) is 24.9 Å². The number of pyridine rings is 1. The molecular weight excluding hydrogens is 244 g/mol. The molecule has 2 unspecified atom stereocenters. The average molecular weight is 268 g/mol. The van der Waals surface area contributed by atoms with Crippen LogP contribution < -0.4 is 5.32 Å². The van der Waals surface area contributed by atoms with E-state index in [1.807, 2.05) is 12.3 Å². The lowest BCUT2D eigenvalue weighted by Crippen LogP contribution is -2.31. The number of nitrogens with one attached hydrogen (secondary N) is 1. The maximum absolute atomic E-state index is 4.41. The fourth-order valence-corrected chi connectivity index (χ4v) is 3.86. The van der Waals surface area contributed by atoms with Crippen molar-refractivity contribution in [3.63, 3.8) is 0 Å². The van der Waals surface area contributed by atoms with E-state index in [0.717, 1.165) is 5.52 Å². The van der Waals surface area contributed by atoms with Crippen LogP contribution in [0.15, 0.2) is 36.5 Å². The van der Waals surface area contributed by atoms with E-state index in [-0.39, 0.29) is 0 Å². The Hall–Kier alpha value is -1.41. The van der Waals surface area contributed by atoms with Gasteiger partial charge >= 0.3 is 0 Å². The number of rotatable bonds is 3. The van der Waals surface area contributed by atoms with Crippen LogP contribution >= 0.6 is 0 Å². The first-order valence-electron chi connectivity index (χ1n) is 7.64. The van der Waals surface area contributed by atoms with Crippen molar-refractivity contribution in [1.82, 2.24) is 10.3 Å². The molecule has 1 heterocycles. The lowest BCUT2D eigenvalue weighted by atomic mass is 9.75. The Bertz CT molecular complexity index is 603. The third-order valence-electron chi connectivity index (χ3n) is 5.04. The predicted molar refractivity (Wildman–Crippen MR) is 84.7 cm³/mol. The number of hydrogen-bond donors (Lipinski definition) is 1. The first-order chi connectivity index (χ1) is 9.62. The van der Waals surface area contributed by atoms with E-state index in [4.69, 9.17) is 0 Å². The van der Waals surface area contributed by atoms with Gasteiger partial charge in [0.05, 0.1) is 5.52 Å². The molecule has 0 amide bonds. The van der Waals surface area contributed by atoms with Crippen LogP contribution in [0.2, 0.25) is 0 Å². The highest BCUT2D eigenvalue weighted by Crippen LogP contribution is 2.48. The Balaban J connectivity index is 1.99. The van der Waals surface area contributed by atoms with Gasteiger partial charge in [0.15, 0.2) is 0 Å². The molecule has 1 saturated carbocycles. The Labute approximate surface area is 121 Å². The lowest BCUT2D eigenvalue weighted by molar-refractivity contribution is 0.204. The molecule has 0 radical (unpaired) electrons. The van der Waals surface area contributed by atoms with Crippen LogP contribution in [0.3, 0.4) is 0 Å². The largest absolute Gasteiger partial charge is 0.313 e. The fourth-order valence-electron chi connectivity index (χ4n) is 3.86. The van der Waals surface area contributed by atoms with Crippen molar-refractivity contribution in [3.8, 4) is 0 Å². The molecule has 0 spiro atoms. The van der Waals surface area contributed by atoms with Gasteiger partial charge in [0.25, 0.3) is 0 Å². The summed E-state index contributed by atoms with van der Waals surface area (Å²) in [5, 5.41) is 4.80. The van der Waals surface area contributed by atoms with Crippen LogP contribution in [-0.2, 0) is 0 Å². The highest BCUT2D eigenvalue weighted by molar-refractivity contribution is 5.79. The van der Waals surface area contributed by atoms with Gasteiger partial charge in [-0.05, 0) is 55.0 Å². The summed E-state index contributed by atoms with van der Waals surface area (Å²) in [6.07, 6.45) is 5.87. The number of benzene rings is 1. The van der Waals surface area contributed by atoms with Crippen molar-refractivity contribution in [2.75, 3.05) is 7.05 Å². The second-order valence-corrected chi connectivity index (χ2v) is 6.71. The first kappa shape index (κ1) is 13.6. The smallest absolute Gasteiger partial charge is 0.0702 e. The van der Waals surface area contributed by atoms with E-state index in [1.165, 1.54) is 30.2 Å². The van der Waals surface area contributed by atoms with Gasteiger partial charge in [-0.25, -0.2) is 0 Å². The maximum atomic E-state index is 4.41. The highest BCUT2D eigenvalue weighted by atomic mass is 14.9. The quantitative estimate of drug-likeness (QED) is 0.896. The number of hydrogen-bond acceptors (Lipinski definition) is 2. The van der Waals surface area contributed by atoms with Crippen molar-refractivity contribution >= 4 is 10.9 Å². The van der Waals surface area contributed by atoms with Gasteiger partial charge < -0.3 is 5.32 Å². The highest BCUT2D eigenvalue weighted by Gasteiger charge is 2.39. The van der Waals surface area contributed by atoms with Crippen LogP contribution in [0.25, 0.3) is 10.9 Å². The second-order valence-electron chi connectivity index (χ2n) is 6.71. The normalized spacial score (nSPS) is 23.1. The van der Waals surface area contributed by atoms with Crippen molar-refractivity contribution in [3.05, 3.63) is 42.1 Å². The van der Waals surface area contributed by atoms with Gasteiger partial charge in [-0.3, -0.25) is 4.98 Å². The van der Waals surface area contributed by atoms with Gasteiger partial charge in [-0.1, -0.05) is 32.4 Å². The van der Waals surface area contributed by atoms with Crippen LogP contribution in [0, 0.1) is 11.3 Å². The van der Waals surface area contributed by atoms with Crippen LogP contribution in [-0.4, -0.2) is 12.0 Å². The fraction of sp³-hybridized carbons (Fsp3) is 0.500. The summed E-state index contributed by atoms with van der Waals surface area (Å²) in [6, 6.07) is 11.3. The summed E-state index contributed by atoms with van der Waals surface area (Å²) in [4.78, 5) is 4.41. The van der Waals surface area contributed by atoms with Gasteiger partial charge in [-0.15, -0.1) is 0 Å². The number of nitrogens with zero attached hydrogens (tertiary/aromatic N) is 1. The number of aromatic nitrogens is 1. The predicted octanol–water partition coefficient (Wildman–Crippen LogP) is 4.32. The summed E-state index contributed by atoms with van der Waals surface area (Å²) in [7, 11) is 2.09. The SMILES string of the molecule is CNC(c1ccc2ncccc2c1)C1CCCC1(C)C. The molecule has 2 aromatic rings. The van der Waals surface area contributed by atoms with Crippen LogP contribution in [0.4, 0.5) is 0 Å². The summed E-state index contributed by atoms with van der Waals surface area (Å²) >= 11 is 0. The molecule has 0 saturated heterocycles. The summed E-state index contributed by atoms with van der Waals surface area (Å²) in [5.41, 5.74) is 2.90. The van der Waals surface area contributed by atoms with Crippen LogP contribution in [0.5, 0.6) is 0 Å². The second kappa shape index (κ2) is 5.17. The summed E-state index contributed by atoms with van der Waals surface area (Å²) in [5.74, 6) is 0.710. The molecule has 3 rings (SSSR count). The zero-order chi connectivity index (χ0) is 14.2. The van der Waals surface area contributed by atoms with Gasteiger partial charge in [-0.2, -0.15) is 0 Å². The number of fused-ring (bicyclic) bond motifs is 1. The molecule has 2 nitrogen and oxygen atoms in total. The molecule has 1 aliphatic rings. The van der Waals surface area contributed by atoms with E-state index in [0.29, 0.717) is 17.4 Å². The van der Waals surface area contributed by atoms with E-state index < -0.39 is 0 Å². The van der Waals surface area contributed by atoms with E-state index in [2.05, 4.69) is 55.5 Å². The third kappa shape index (κ3) is 2.33. The molecule has 1 fully saturated rings. The van der Waals surface area contributed by atoms with Crippen molar-refractivity contribution in [2.24, 2.45) is 11.3 Å². The van der Waals surface area contributed by atoms with Crippen LogP contribution in [0.1, 0.15) is 44.7 Å². The monoisotopic (exact) mass is 268 g/mol. The van der Waals surface area contributed by atoms with Gasteiger partial charge in [0.2, 0.25) is 0 Å². The third-order valence-corrected chi connectivity index (χ3v) is 5.04. The maximum Gasteiger partial charge on any atom is 0.0702 e. The molecule has 2 heteroatoms. The minimum atomic E-state index is 0.428. The zero-order valence-corrected chi connectivity index (χ0v) is 12.7. The molecule has 106 valence electrons. The van der Waals surface area contributed by atoms with E-state index in [9.17, 15) is 0 Å². The molecule has 1 aliphatic carbocycles. The summed E-state index contributed by atoms with van der Waals surface area (Å²) in [6.45, 7) is 4.83. The molecule has 0 aliphatic heterocycles. The Morgan fingerprint density at radius 3 is 2.85 bits per heavy atom. The standard InChI is InChI=1S/C18H24N2/c1-18(2)10-4-7-15(18)17(19-3)14-8-9-16-13(12-14)6-5-11-20-16/h5-6,8-9,11-12,15,17,19H,4,7,10H2,1-3H3. The van der Waals surface area contributed by atoms with Gasteiger partial charge in [0.1, 0.15) is 0 Å². The Morgan fingerprint density at radius 2 is 2.15 bits per heavy atom. The molecular formula is C18H24N2.